The summed E-state index contributed by atoms with van der Waals surface area (Å²) < 4.78 is 16.6. The van der Waals surface area contributed by atoms with Gasteiger partial charge in [-0.05, 0) is 18.9 Å². The third kappa shape index (κ3) is 4.27. The van der Waals surface area contributed by atoms with Crippen molar-refractivity contribution in [1.29, 1.82) is 0 Å². The molecule has 0 radical (unpaired) electrons. The molecule has 6 nitrogen and oxygen atoms in total. The van der Waals surface area contributed by atoms with Crippen LogP contribution in [0.5, 0.6) is 11.5 Å². The largest absolute Gasteiger partial charge is 0.497 e. The fourth-order valence-electron chi connectivity index (χ4n) is 3.10. The van der Waals surface area contributed by atoms with Gasteiger partial charge >= 0.3 is 0 Å². The fraction of sp³-hybridized carbons (Fsp3) is 0.500. The quantitative estimate of drug-likeness (QED) is 0.806. The van der Waals surface area contributed by atoms with E-state index in [1.807, 2.05) is 18.3 Å². The van der Waals surface area contributed by atoms with E-state index in [-0.39, 0.29) is 0 Å². The molecule has 1 saturated heterocycles. The highest BCUT2D eigenvalue weighted by Gasteiger charge is 2.21. The minimum Gasteiger partial charge on any atom is -0.497 e. The number of aromatic nitrogens is 2. The van der Waals surface area contributed by atoms with Crippen LogP contribution in [0.4, 0.5) is 0 Å². The van der Waals surface area contributed by atoms with E-state index >= 15 is 0 Å². The number of rotatable bonds is 8. The van der Waals surface area contributed by atoms with Gasteiger partial charge in [-0.2, -0.15) is 0 Å². The van der Waals surface area contributed by atoms with Crippen LogP contribution < -0.4 is 9.47 Å². The van der Waals surface area contributed by atoms with Crippen LogP contribution >= 0.6 is 0 Å². The number of methoxy groups -OCH3 is 2. The van der Waals surface area contributed by atoms with Crippen molar-refractivity contribution in [3.63, 3.8) is 0 Å². The summed E-state index contributed by atoms with van der Waals surface area (Å²) in [5, 5.41) is 0. The lowest BCUT2D eigenvalue weighted by atomic mass is 10.1. The molecule has 24 heavy (non-hydrogen) atoms. The maximum Gasteiger partial charge on any atom is 0.127 e. The number of ether oxygens (including phenoxy) is 3. The van der Waals surface area contributed by atoms with Crippen LogP contribution in [0.25, 0.3) is 0 Å². The topological polar surface area (TPSA) is 59.6 Å². The number of H-pyrrole nitrogens is 1. The highest BCUT2D eigenvalue weighted by atomic mass is 16.5. The zero-order valence-electron chi connectivity index (χ0n) is 14.3. The van der Waals surface area contributed by atoms with Crippen LogP contribution in [0, 0.1) is 0 Å². The molecule has 1 N–H and O–H groups in total. The second-order valence-electron chi connectivity index (χ2n) is 6.06. The molecule has 1 aliphatic heterocycles. The first-order chi connectivity index (χ1) is 11.8. The molecular formula is C18H25N3O3. The Morgan fingerprint density at radius 2 is 2.21 bits per heavy atom. The van der Waals surface area contributed by atoms with Gasteiger partial charge in [0.1, 0.15) is 11.5 Å². The van der Waals surface area contributed by atoms with Crippen molar-refractivity contribution in [3.05, 3.63) is 42.0 Å². The average Bonchev–Trinajstić information content (AvgIpc) is 3.29. The lowest BCUT2D eigenvalue weighted by molar-refractivity contribution is 0.0672. The Morgan fingerprint density at radius 3 is 2.88 bits per heavy atom. The van der Waals surface area contributed by atoms with Gasteiger partial charge < -0.3 is 19.2 Å². The van der Waals surface area contributed by atoms with Gasteiger partial charge in [0, 0.05) is 49.8 Å². The Labute approximate surface area is 142 Å². The number of aromatic amines is 1. The summed E-state index contributed by atoms with van der Waals surface area (Å²) in [6, 6.07) is 5.96. The van der Waals surface area contributed by atoms with E-state index < -0.39 is 0 Å². The van der Waals surface area contributed by atoms with Crippen LogP contribution in [-0.2, 0) is 17.8 Å². The van der Waals surface area contributed by atoms with Crippen molar-refractivity contribution in [2.24, 2.45) is 0 Å². The minimum absolute atomic E-state index is 0.303. The molecule has 3 rings (SSSR count). The molecule has 1 aromatic carbocycles. The van der Waals surface area contributed by atoms with Crippen LogP contribution in [-0.4, -0.2) is 48.3 Å². The molecule has 0 unspecified atom stereocenters. The molecule has 1 aliphatic rings. The molecule has 1 aromatic heterocycles. The van der Waals surface area contributed by atoms with Crippen molar-refractivity contribution >= 4 is 0 Å². The van der Waals surface area contributed by atoms with Gasteiger partial charge in [0.2, 0.25) is 0 Å². The van der Waals surface area contributed by atoms with Gasteiger partial charge in [-0.1, -0.05) is 6.07 Å². The number of nitrogens with one attached hydrogen (secondary N) is 1. The molecule has 0 aliphatic carbocycles. The average molecular weight is 331 g/mol. The van der Waals surface area contributed by atoms with Gasteiger partial charge in [0.05, 0.1) is 26.7 Å². The summed E-state index contributed by atoms with van der Waals surface area (Å²) in [7, 11) is 3.36. The van der Waals surface area contributed by atoms with Crippen molar-refractivity contribution in [2.75, 3.05) is 27.4 Å². The van der Waals surface area contributed by atoms with Crippen LogP contribution in [0.15, 0.2) is 30.7 Å². The van der Waals surface area contributed by atoms with E-state index in [1.54, 1.807) is 20.5 Å². The SMILES string of the molecule is COc1ccc(CN(Cc2cnc[nH]2)C[C@H]2CCCO2)c(OC)c1. The molecule has 2 aromatic rings. The first kappa shape index (κ1) is 16.8. The number of nitrogens with zero attached hydrogens (tertiary/aromatic N) is 2. The summed E-state index contributed by atoms with van der Waals surface area (Å²) in [6.07, 6.45) is 6.16. The van der Waals surface area contributed by atoms with Crippen molar-refractivity contribution in [2.45, 2.75) is 32.0 Å². The molecule has 6 heteroatoms. The lowest BCUT2D eigenvalue weighted by Crippen LogP contribution is -2.31. The Bertz CT molecular complexity index is 624. The van der Waals surface area contributed by atoms with E-state index in [0.717, 1.165) is 61.8 Å². The van der Waals surface area contributed by atoms with Crippen LogP contribution in [0.3, 0.4) is 0 Å². The molecule has 0 bridgehead atoms. The first-order valence-electron chi connectivity index (χ1n) is 8.30. The van der Waals surface area contributed by atoms with Crippen molar-refractivity contribution < 1.29 is 14.2 Å². The third-order valence-electron chi connectivity index (χ3n) is 4.32. The first-order valence-corrected chi connectivity index (χ1v) is 8.30. The van der Waals surface area contributed by atoms with E-state index in [1.165, 1.54) is 0 Å². The minimum atomic E-state index is 0.303. The van der Waals surface area contributed by atoms with Gasteiger partial charge in [-0.3, -0.25) is 4.90 Å². The molecule has 0 saturated carbocycles. The standard InChI is InChI=1S/C18H25N3O3/c1-22-16-6-5-14(18(8-16)23-2)10-21(11-15-9-19-13-20-15)12-17-4-3-7-24-17/h5-6,8-9,13,17H,3-4,7,10-12H2,1-2H3,(H,19,20)/t17-/m1/s1. The van der Waals surface area contributed by atoms with E-state index in [0.29, 0.717) is 6.10 Å². The zero-order valence-corrected chi connectivity index (χ0v) is 14.3. The second kappa shape index (κ2) is 8.17. The summed E-state index contributed by atoms with van der Waals surface area (Å²) >= 11 is 0. The number of hydrogen-bond donors (Lipinski definition) is 1. The highest BCUT2D eigenvalue weighted by molar-refractivity contribution is 5.40. The van der Waals surface area contributed by atoms with Gasteiger partial charge in [0.15, 0.2) is 0 Å². The summed E-state index contributed by atoms with van der Waals surface area (Å²) in [4.78, 5) is 9.66. The summed E-state index contributed by atoms with van der Waals surface area (Å²) in [5.74, 6) is 1.64. The van der Waals surface area contributed by atoms with Crippen molar-refractivity contribution in [1.82, 2.24) is 14.9 Å². The molecule has 2 heterocycles. The predicted octanol–water partition coefficient (Wildman–Crippen LogP) is 2.61. The molecule has 0 spiro atoms. The van der Waals surface area contributed by atoms with E-state index in [4.69, 9.17) is 14.2 Å². The molecule has 1 atom stereocenters. The zero-order chi connectivity index (χ0) is 16.8. The number of imidazole rings is 1. The van der Waals surface area contributed by atoms with Gasteiger partial charge in [-0.15, -0.1) is 0 Å². The summed E-state index contributed by atoms with van der Waals surface area (Å²) in [5.41, 5.74) is 2.23. The number of benzene rings is 1. The van der Waals surface area contributed by atoms with Crippen LogP contribution in [0.2, 0.25) is 0 Å². The third-order valence-corrected chi connectivity index (χ3v) is 4.32. The maximum atomic E-state index is 5.81. The maximum absolute atomic E-state index is 5.81. The molecular weight excluding hydrogens is 306 g/mol. The second-order valence-corrected chi connectivity index (χ2v) is 6.06. The fourth-order valence-corrected chi connectivity index (χ4v) is 3.10. The molecule has 0 amide bonds. The Kier molecular flexibility index (Phi) is 5.72. The van der Waals surface area contributed by atoms with Crippen molar-refractivity contribution in [3.8, 4) is 11.5 Å². The van der Waals surface area contributed by atoms with E-state index in [2.05, 4.69) is 20.9 Å². The smallest absolute Gasteiger partial charge is 0.127 e. The van der Waals surface area contributed by atoms with Crippen LogP contribution in [0.1, 0.15) is 24.1 Å². The Hall–Kier alpha value is -2.05. The van der Waals surface area contributed by atoms with Gasteiger partial charge in [-0.25, -0.2) is 4.98 Å². The molecule has 1 fully saturated rings. The Balaban J connectivity index is 1.74. The van der Waals surface area contributed by atoms with E-state index in [9.17, 15) is 0 Å². The normalized spacial score (nSPS) is 17.4. The summed E-state index contributed by atoms with van der Waals surface area (Å²) in [6.45, 7) is 3.35. The monoisotopic (exact) mass is 331 g/mol. The molecule has 130 valence electrons. The lowest BCUT2D eigenvalue weighted by Gasteiger charge is -2.25. The Morgan fingerprint density at radius 1 is 1.29 bits per heavy atom. The number of hydrogen-bond acceptors (Lipinski definition) is 5. The predicted molar refractivity (Wildman–Crippen MR) is 91.2 cm³/mol. The van der Waals surface area contributed by atoms with Gasteiger partial charge in [0.25, 0.3) is 0 Å². The highest BCUT2D eigenvalue weighted by Crippen LogP contribution is 2.26.